The maximum Gasteiger partial charge on any atom is 0.238 e. The minimum atomic E-state index is -3.70. The molecule has 108 valence electrons. The van der Waals surface area contributed by atoms with Crippen LogP contribution >= 0.6 is 0 Å². The van der Waals surface area contributed by atoms with Gasteiger partial charge < -0.3 is 5.32 Å². The number of anilines is 1. The van der Waals surface area contributed by atoms with Crippen molar-refractivity contribution in [3.8, 4) is 0 Å². The van der Waals surface area contributed by atoms with Crippen molar-refractivity contribution in [1.29, 1.82) is 0 Å². The Bertz CT molecular complexity index is 707. The van der Waals surface area contributed by atoms with Crippen LogP contribution in [0.4, 0.5) is 5.69 Å². The van der Waals surface area contributed by atoms with Crippen LogP contribution in [0, 0.1) is 6.92 Å². The fourth-order valence-corrected chi connectivity index (χ4v) is 2.90. The Hall–Kier alpha value is -1.86. The molecule has 1 aromatic carbocycles. The number of sulfonamides is 1. The molecule has 0 unspecified atom stereocenters. The largest absolute Gasteiger partial charge is 0.379 e. The summed E-state index contributed by atoms with van der Waals surface area (Å²) in [6.07, 6.45) is 1.74. The molecule has 2 rings (SSSR count). The van der Waals surface area contributed by atoms with Gasteiger partial charge in [-0.15, -0.1) is 0 Å². The Balaban J connectivity index is 2.23. The first-order valence-corrected chi connectivity index (χ1v) is 7.85. The van der Waals surface area contributed by atoms with E-state index in [0.717, 1.165) is 17.9 Å². The van der Waals surface area contributed by atoms with Gasteiger partial charge in [-0.1, -0.05) is 6.07 Å². The molecule has 7 heteroatoms. The number of primary sulfonamides is 1. The summed E-state index contributed by atoms with van der Waals surface area (Å²) in [6, 6.07) is 6.93. The highest BCUT2D eigenvalue weighted by Gasteiger charge is 2.13. The highest BCUT2D eigenvalue weighted by atomic mass is 32.2. The van der Waals surface area contributed by atoms with Crippen LogP contribution in [-0.4, -0.2) is 18.2 Å². The number of aromatic nitrogens is 2. The quantitative estimate of drug-likeness (QED) is 0.873. The highest BCUT2D eigenvalue weighted by molar-refractivity contribution is 7.89. The van der Waals surface area contributed by atoms with E-state index in [0.29, 0.717) is 12.1 Å². The van der Waals surface area contributed by atoms with E-state index in [1.807, 2.05) is 23.7 Å². The van der Waals surface area contributed by atoms with E-state index in [4.69, 9.17) is 5.14 Å². The van der Waals surface area contributed by atoms with Crippen LogP contribution in [0.2, 0.25) is 0 Å². The van der Waals surface area contributed by atoms with Gasteiger partial charge in [0, 0.05) is 18.4 Å². The van der Waals surface area contributed by atoms with Crippen LogP contribution in [0.25, 0.3) is 0 Å². The monoisotopic (exact) mass is 294 g/mol. The second-order valence-electron chi connectivity index (χ2n) is 4.47. The molecule has 0 radical (unpaired) electrons. The minimum absolute atomic E-state index is 0.145. The zero-order valence-corrected chi connectivity index (χ0v) is 12.3. The molecule has 0 saturated heterocycles. The Morgan fingerprint density at radius 3 is 2.75 bits per heavy atom. The van der Waals surface area contributed by atoms with Gasteiger partial charge in [0.2, 0.25) is 10.0 Å². The molecule has 0 aliphatic carbocycles. The van der Waals surface area contributed by atoms with E-state index < -0.39 is 10.0 Å². The van der Waals surface area contributed by atoms with Gasteiger partial charge in [0.05, 0.1) is 17.1 Å². The van der Waals surface area contributed by atoms with Crippen LogP contribution in [-0.2, 0) is 23.1 Å². The number of hydrogen-bond acceptors (Lipinski definition) is 4. The molecule has 0 fully saturated rings. The third-order valence-electron chi connectivity index (χ3n) is 3.15. The lowest BCUT2D eigenvalue weighted by Crippen LogP contribution is -2.15. The predicted octanol–water partition coefficient (Wildman–Crippen LogP) is 1.47. The zero-order chi connectivity index (χ0) is 14.8. The molecule has 0 spiro atoms. The van der Waals surface area contributed by atoms with Crippen LogP contribution in [0.1, 0.15) is 18.2 Å². The third kappa shape index (κ3) is 3.00. The number of rotatable bonds is 5. The van der Waals surface area contributed by atoms with E-state index in [2.05, 4.69) is 10.4 Å². The number of nitrogens with one attached hydrogen (secondary N) is 1. The summed E-state index contributed by atoms with van der Waals surface area (Å²) in [5.41, 5.74) is 2.41. The molecule has 0 saturated carbocycles. The first-order valence-electron chi connectivity index (χ1n) is 6.30. The Morgan fingerprint density at radius 2 is 2.10 bits per heavy atom. The molecule has 1 heterocycles. The van der Waals surface area contributed by atoms with Gasteiger partial charge in [-0.05, 0) is 37.6 Å². The van der Waals surface area contributed by atoms with E-state index in [9.17, 15) is 8.42 Å². The molecule has 1 aromatic heterocycles. The first-order chi connectivity index (χ1) is 9.43. The summed E-state index contributed by atoms with van der Waals surface area (Å²) in [6.45, 7) is 5.12. The smallest absolute Gasteiger partial charge is 0.238 e. The summed E-state index contributed by atoms with van der Waals surface area (Å²) in [5, 5.41) is 12.6. The Kier molecular flexibility index (Phi) is 4.10. The van der Waals surface area contributed by atoms with Gasteiger partial charge in [-0.25, -0.2) is 13.6 Å². The van der Waals surface area contributed by atoms with Crippen molar-refractivity contribution in [2.45, 2.75) is 31.8 Å². The van der Waals surface area contributed by atoms with E-state index in [1.165, 1.54) is 6.07 Å². The number of benzene rings is 1. The molecular formula is C13H18N4O2S. The number of nitrogens with zero attached hydrogens (tertiary/aromatic N) is 2. The standard InChI is InChI=1S/C13H18N4O2S/c1-3-17-11(7-8-16-17)9-15-12-5-4-6-13(10(12)2)20(14,18)19/h4-8,15H,3,9H2,1-2H3,(H2,14,18,19). The van der Waals surface area contributed by atoms with Crippen LogP contribution in [0.15, 0.2) is 35.4 Å². The van der Waals surface area contributed by atoms with Gasteiger partial charge in [0.15, 0.2) is 0 Å². The summed E-state index contributed by atoms with van der Waals surface area (Å²) in [4.78, 5) is 0.145. The van der Waals surface area contributed by atoms with Crippen molar-refractivity contribution in [3.63, 3.8) is 0 Å². The van der Waals surface area contributed by atoms with Gasteiger partial charge in [-0.3, -0.25) is 4.68 Å². The lowest BCUT2D eigenvalue weighted by atomic mass is 10.2. The molecule has 20 heavy (non-hydrogen) atoms. The topological polar surface area (TPSA) is 90.0 Å². The maximum atomic E-state index is 11.5. The lowest BCUT2D eigenvalue weighted by Gasteiger charge is -2.12. The Labute approximate surface area is 118 Å². The molecular weight excluding hydrogens is 276 g/mol. The van der Waals surface area contributed by atoms with Gasteiger partial charge in [0.1, 0.15) is 0 Å². The minimum Gasteiger partial charge on any atom is -0.379 e. The third-order valence-corrected chi connectivity index (χ3v) is 4.21. The molecule has 2 aromatic rings. The SMILES string of the molecule is CCn1nccc1CNc1cccc(S(N)(=O)=O)c1C. The molecule has 0 aliphatic heterocycles. The average Bonchev–Trinajstić information content (AvgIpc) is 2.83. The summed E-state index contributed by atoms with van der Waals surface area (Å²) in [7, 11) is -3.70. The van der Waals surface area contributed by atoms with Crippen molar-refractivity contribution < 1.29 is 8.42 Å². The second kappa shape index (κ2) is 5.64. The maximum absolute atomic E-state index is 11.5. The van der Waals surface area contributed by atoms with Crippen molar-refractivity contribution in [2.75, 3.05) is 5.32 Å². The van der Waals surface area contributed by atoms with Gasteiger partial charge in [-0.2, -0.15) is 5.10 Å². The Morgan fingerprint density at radius 1 is 1.35 bits per heavy atom. The molecule has 0 bridgehead atoms. The lowest BCUT2D eigenvalue weighted by molar-refractivity contribution is 0.597. The molecule has 0 amide bonds. The fraction of sp³-hybridized carbons (Fsp3) is 0.308. The molecule has 0 aliphatic rings. The van der Waals surface area contributed by atoms with Gasteiger partial charge in [0.25, 0.3) is 0 Å². The number of aryl methyl sites for hydroxylation is 1. The fourth-order valence-electron chi connectivity index (χ4n) is 2.09. The number of nitrogens with two attached hydrogens (primary N) is 1. The van der Waals surface area contributed by atoms with Crippen molar-refractivity contribution in [2.24, 2.45) is 5.14 Å². The first kappa shape index (κ1) is 14.5. The van der Waals surface area contributed by atoms with E-state index in [1.54, 1.807) is 19.2 Å². The average molecular weight is 294 g/mol. The predicted molar refractivity (Wildman–Crippen MR) is 77.8 cm³/mol. The van der Waals surface area contributed by atoms with E-state index >= 15 is 0 Å². The second-order valence-corrected chi connectivity index (χ2v) is 6.00. The van der Waals surface area contributed by atoms with Crippen LogP contribution in [0.3, 0.4) is 0 Å². The molecule has 0 atom stereocenters. The van der Waals surface area contributed by atoms with Crippen molar-refractivity contribution in [3.05, 3.63) is 41.7 Å². The highest BCUT2D eigenvalue weighted by Crippen LogP contribution is 2.22. The van der Waals surface area contributed by atoms with Crippen molar-refractivity contribution >= 4 is 15.7 Å². The summed E-state index contributed by atoms with van der Waals surface area (Å²) in [5.74, 6) is 0. The normalized spacial score (nSPS) is 11.6. The molecule has 3 N–H and O–H groups in total. The molecule has 6 nitrogen and oxygen atoms in total. The number of hydrogen-bond donors (Lipinski definition) is 2. The van der Waals surface area contributed by atoms with Crippen LogP contribution in [0.5, 0.6) is 0 Å². The van der Waals surface area contributed by atoms with Gasteiger partial charge >= 0.3 is 0 Å². The summed E-state index contributed by atoms with van der Waals surface area (Å²) < 4.78 is 24.8. The summed E-state index contributed by atoms with van der Waals surface area (Å²) >= 11 is 0. The van der Waals surface area contributed by atoms with E-state index in [-0.39, 0.29) is 4.90 Å². The zero-order valence-electron chi connectivity index (χ0n) is 11.5. The van der Waals surface area contributed by atoms with Crippen LogP contribution < -0.4 is 10.5 Å². The van der Waals surface area contributed by atoms with Crippen molar-refractivity contribution in [1.82, 2.24) is 9.78 Å².